The molecule has 19 heavy (non-hydrogen) atoms. The zero-order chi connectivity index (χ0) is 14.0. The third kappa shape index (κ3) is 3.02. The van der Waals surface area contributed by atoms with Gasteiger partial charge in [-0.2, -0.15) is 0 Å². The summed E-state index contributed by atoms with van der Waals surface area (Å²) in [6.45, 7) is 2.00. The van der Waals surface area contributed by atoms with E-state index in [2.05, 4.69) is 31.9 Å². The van der Waals surface area contributed by atoms with Gasteiger partial charge in [0.05, 0.1) is 7.11 Å². The Balaban J connectivity index is 2.52. The van der Waals surface area contributed by atoms with Crippen molar-refractivity contribution in [1.29, 1.82) is 0 Å². The Hall–Kier alpha value is -0.840. The van der Waals surface area contributed by atoms with E-state index in [4.69, 9.17) is 4.74 Å². The second-order valence-electron chi connectivity index (χ2n) is 4.27. The summed E-state index contributed by atoms with van der Waals surface area (Å²) < 4.78 is 7.15. The highest BCUT2D eigenvalue weighted by Crippen LogP contribution is 2.36. The molecule has 0 saturated heterocycles. The molecule has 0 amide bonds. The molecule has 0 spiro atoms. The molecule has 0 heterocycles. The molecule has 0 aliphatic heterocycles. The van der Waals surface area contributed by atoms with E-state index in [-0.39, 0.29) is 0 Å². The maximum atomic E-state index is 10.6. The van der Waals surface area contributed by atoms with Gasteiger partial charge in [0.2, 0.25) is 0 Å². The van der Waals surface area contributed by atoms with E-state index in [1.807, 2.05) is 43.3 Å². The van der Waals surface area contributed by atoms with Crippen molar-refractivity contribution < 1.29 is 9.84 Å². The highest BCUT2D eigenvalue weighted by molar-refractivity contribution is 9.10. The zero-order valence-corrected chi connectivity index (χ0v) is 13.8. The first-order valence-electron chi connectivity index (χ1n) is 5.81. The first-order chi connectivity index (χ1) is 9.04. The van der Waals surface area contributed by atoms with E-state index in [0.29, 0.717) is 5.75 Å². The molecule has 0 aliphatic carbocycles. The average Bonchev–Trinajstić information content (AvgIpc) is 2.41. The van der Waals surface area contributed by atoms with Gasteiger partial charge in [0.25, 0.3) is 0 Å². The minimum atomic E-state index is -0.735. The van der Waals surface area contributed by atoms with E-state index in [1.54, 1.807) is 7.11 Å². The second-order valence-corrected chi connectivity index (χ2v) is 5.98. The lowest BCUT2D eigenvalue weighted by molar-refractivity contribution is 0.214. The Morgan fingerprint density at radius 1 is 1.11 bits per heavy atom. The van der Waals surface area contributed by atoms with Crippen LogP contribution in [-0.2, 0) is 0 Å². The summed E-state index contributed by atoms with van der Waals surface area (Å²) in [5.74, 6) is 0.670. The molecular formula is C15H14Br2O2. The van der Waals surface area contributed by atoms with Gasteiger partial charge in [0, 0.05) is 14.5 Å². The van der Waals surface area contributed by atoms with Crippen LogP contribution in [-0.4, -0.2) is 12.2 Å². The number of aryl methyl sites for hydroxylation is 1. The molecule has 1 atom stereocenters. The minimum absolute atomic E-state index is 0.670. The van der Waals surface area contributed by atoms with Crippen LogP contribution in [0.3, 0.4) is 0 Å². The SMILES string of the molecule is COc1ccc(Br)cc1C(O)c1cccc(C)c1Br. The predicted molar refractivity (Wildman–Crippen MR) is 83.6 cm³/mol. The van der Waals surface area contributed by atoms with E-state index in [1.165, 1.54) is 0 Å². The number of halogens is 2. The summed E-state index contributed by atoms with van der Waals surface area (Å²) in [6, 6.07) is 11.4. The number of benzene rings is 2. The minimum Gasteiger partial charge on any atom is -0.496 e. The summed E-state index contributed by atoms with van der Waals surface area (Å²) in [4.78, 5) is 0. The summed E-state index contributed by atoms with van der Waals surface area (Å²) in [5, 5.41) is 10.6. The Labute approximate surface area is 129 Å². The maximum absolute atomic E-state index is 10.6. The van der Waals surface area contributed by atoms with Crippen LogP contribution < -0.4 is 4.74 Å². The first kappa shape index (κ1) is 14.6. The van der Waals surface area contributed by atoms with Gasteiger partial charge in [-0.1, -0.05) is 50.1 Å². The molecule has 0 saturated carbocycles. The largest absolute Gasteiger partial charge is 0.496 e. The van der Waals surface area contributed by atoms with Crippen LogP contribution >= 0.6 is 31.9 Å². The quantitative estimate of drug-likeness (QED) is 0.835. The Morgan fingerprint density at radius 3 is 2.53 bits per heavy atom. The fourth-order valence-corrected chi connectivity index (χ4v) is 2.83. The number of aliphatic hydroxyl groups is 1. The van der Waals surface area contributed by atoms with Crippen molar-refractivity contribution in [3.05, 3.63) is 62.0 Å². The Morgan fingerprint density at radius 2 is 1.84 bits per heavy atom. The van der Waals surface area contributed by atoms with Gasteiger partial charge in [0.1, 0.15) is 11.9 Å². The summed E-state index contributed by atoms with van der Waals surface area (Å²) in [5.41, 5.74) is 2.66. The number of hydrogen-bond acceptors (Lipinski definition) is 2. The molecule has 0 radical (unpaired) electrons. The topological polar surface area (TPSA) is 29.5 Å². The van der Waals surface area contributed by atoms with Gasteiger partial charge < -0.3 is 9.84 Å². The van der Waals surface area contributed by atoms with Crippen molar-refractivity contribution in [2.75, 3.05) is 7.11 Å². The van der Waals surface area contributed by atoms with Gasteiger partial charge in [-0.15, -0.1) is 0 Å². The molecule has 2 aromatic rings. The lowest BCUT2D eigenvalue weighted by atomic mass is 9.99. The van der Waals surface area contributed by atoms with Crippen molar-refractivity contribution >= 4 is 31.9 Å². The fraction of sp³-hybridized carbons (Fsp3) is 0.200. The van der Waals surface area contributed by atoms with Crippen molar-refractivity contribution in [2.45, 2.75) is 13.0 Å². The smallest absolute Gasteiger partial charge is 0.125 e. The molecule has 2 nitrogen and oxygen atoms in total. The van der Waals surface area contributed by atoms with E-state index in [0.717, 1.165) is 25.6 Å². The predicted octanol–water partition coefficient (Wildman–Crippen LogP) is 4.61. The number of aliphatic hydroxyl groups excluding tert-OH is 1. The molecule has 1 unspecified atom stereocenters. The number of hydrogen-bond donors (Lipinski definition) is 1. The maximum Gasteiger partial charge on any atom is 0.125 e. The van der Waals surface area contributed by atoms with E-state index in [9.17, 15) is 5.11 Å². The van der Waals surface area contributed by atoms with Gasteiger partial charge in [-0.25, -0.2) is 0 Å². The molecule has 1 N–H and O–H groups in total. The van der Waals surface area contributed by atoms with Gasteiger partial charge in [-0.3, -0.25) is 0 Å². The van der Waals surface area contributed by atoms with Crippen LogP contribution in [0.25, 0.3) is 0 Å². The molecule has 0 aromatic heterocycles. The fourth-order valence-electron chi connectivity index (χ4n) is 1.97. The highest BCUT2D eigenvalue weighted by Gasteiger charge is 2.18. The van der Waals surface area contributed by atoms with Crippen LogP contribution in [0.1, 0.15) is 22.8 Å². The number of ether oxygens (including phenoxy) is 1. The molecule has 4 heteroatoms. The van der Waals surface area contributed by atoms with Gasteiger partial charge in [-0.05, 0) is 36.2 Å². The van der Waals surface area contributed by atoms with Crippen LogP contribution in [0.5, 0.6) is 5.75 Å². The molecule has 0 fully saturated rings. The average molecular weight is 386 g/mol. The molecule has 2 rings (SSSR count). The van der Waals surface area contributed by atoms with E-state index >= 15 is 0 Å². The molecular weight excluding hydrogens is 372 g/mol. The van der Waals surface area contributed by atoms with Crippen molar-refractivity contribution in [2.24, 2.45) is 0 Å². The highest BCUT2D eigenvalue weighted by atomic mass is 79.9. The van der Waals surface area contributed by atoms with Crippen LogP contribution in [0, 0.1) is 6.92 Å². The molecule has 100 valence electrons. The van der Waals surface area contributed by atoms with Crippen molar-refractivity contribution in [3.63, 3.8) is 0 Å². The Bertz CT molecular complexity index is 597. The summed E-state index contributed by atoms with van der Waals surface area (Å²) in [6.07, 6.45) is -0.735. The third-order valence-corrected chi connectivity index (χ3v) is 4.58. The van der Waals surface area contributed by atoms with Gasteiger partial charge >= 0.3 is 0 Å². The summed E-state index contributed by atoms with van der Waals surface area (Å²) >= 11 is 6.95. The first-order valence-corrected chi connectivity index (χ1v) is 7.39. The molecule has 0 bridgehead atoms. The summed E-state index contributed by atoms with van der Waals surface area (Å²) in [7, 11) is 1.60. The van der Waals surface area contributed by atoms with Crippen LogP contribution in [0.4, 0.5) is 0 Å². The number of rotatable bonds is 3. The normalized spacial score (nSPS) is 12.3. The Kier molecular flexibility index (Phi) is 4.66. The molecule has 0 aliphatic rings. The third-order valence-electron chi connectivity index (χ3n) is 3.00. The van der Waals surface area contributed by atoms with E-state index < -0.39 is 6.10 Å². The zero-order valence-electron chi connectivity index (χ0n) is 10.7. The van der Waals surface area contributed by atoms with Crippen LogP contribution in [0.2, 0.25) is 0 Å². The molecule has 2 aromatic carbocycles. The van der Waals surface area contributed by atoms with Crippen molar-refractivity contribution in [3.8, 4) is 5.75 Å². The van der Waals surface area contributed by atoms with Gasteiger partial charge in [0.15, 0.2) is 0 Å². The standard InChI is InChI=1S/C15H14Br2O2/c1-9-4-3-5-11(14(9)17)15(18)12-8-10(16)6-7-13(12)19-2/h3-8,15,18H,1-2H3. The van der Waals surface area contributed by atoms with Crippen molar-refractivity contribution in [1.82, 2.24) is 0 Å². The lowest BCUT2D eigenvalue weighted by Gasteiger charge is -2.17. The monoisotopic (exact) mass is 384 g/mol. The van der Waals surface area contributed by atoms with Crippen LogP contribution in [0.15, 0.2) is 45.3 Å². The number of methoxy groups -OCH3 is 1. The second kappa shape index (κ2) is 6.07. The lowest BCUT2D eigenvalue weighted by Crippen LogP contribution is -2.04.